The second kappa shape index (κ2) is 7.17. The smallest absolute Gasteiger partial charge is 0.435 e. The van der Waals surface area contributed by atoms with Gasteiger partial charge in [0.15, 0.2) is 5.65 Å². The Morgan fingerprint density at radius 3 is 2.84 bits per heavy atom. The highest BCUT2D eigenvalue weighted by molar-refractivity contribution is 7.17. The monoisotopic (exact) mass is 433 g/mol. The topological polar surface area (TPSA) is 99.2 Å². The second-order valence-electron chi connectivity index (χ2n) is 7.95. The van der Waals surface area contributed by atoms with Crippen LogP contribution in [0, 0.1) is 0 Å². The Balaban J connectivity index is 1.43. The number of carbonyl (C=O) groups excluding carboxylic acids is 1. The van der Waals surface area contributed by atoms with Crippen LogP contribution in [0.2, 0.25) is 0 Å². The average Bonchev–Trinajstić information content (AvgIpc) is 3.45. The fourth-order valence-electron chi connectivity index (χ4n) is 3.11. The van der Waals surface area contributed by atoms with Crippen LogP contribution >= 0.6 is 11.3 Å². The normalized spacial score (nSPS) is 11.8. The number of rotatable bonds is 3. The predicted octanol–water partition coefficient (Wildman–Crippen LogP) is 4.73. The van der Waals surface area contributed by atoms with Crippen LogP contribution in [0.5, 0.6) is 0 Å². The van der Waals surface area contributed by atoms with Crippen molar-refractivity contribution in [3.8, 4) is 11.1 Å². The number of aromatic nitrogens is 6. The van der Waals surface area contributed by atoms with Crippen molar-refractivity contribution in [2.24, 2.45) is 0 Å². The molecule has 0 unspecified atom stereocenters. The molecule has 0 aliphatic rings. The Morgan fingerprint density at radius 1 is 1.13 bits per heavy atom. The lowest BCUT2D eigenvalue weighted by atomic mass is 10.1. The molecule has 156 valence electrons. The number of nitrogens with one attached hydrogen (secondary N) is 1. The lowest BCUT2D eigenvalue weighted by Gasteiger charge is -2.18. The summed E-state index contributed by atoms with van der Waals surface area (Å²) in [6, 6.07) is 7.86. The fraction of sp³-hybridized carbons (Fsp3) is 0.190. The minimum absolute atomic E-state index is 0.535. The first-order valence-electron chi connectivity index (χ1n) is 9.59. The van der Waals surface area contributed by atoms with Gasteiger partial charge in [-0.1, -0.05) is 0 Å². The van der Waals surface area contributed by atoms with Gasteiger partial charge in [0.2, 0.25) is 0 Å². The summed E-state index contributed by atoms with van der Waals surface area (Å²) < 4.78 is 9.31. The molecule has 0 saturated heterocycles. The minimum atomic E-state index is -0.589. The van der Waals surface area contributed by atoms with Gasteiger partial charge in [0.05, 0.1) is 28.3 Å². The molecule has 5 heterocycles. The third-order valence-electron chi connectivity index (χ3n) is 4.44. The van der Waals surface area contributed by atoms with E-state index in [1.165, 1.54) is 6.33 Å². The number of anilines is 2. The average molecular weight is 433 g/mol. The maximum absolute atomic E-state index is 12.2. The largest absolute Gasteiger partial charge is 0.442 e. The van der Waals surface area contributed by atoms with Crippen LogP contribution in [-0.4, -0.2) is 41.1 Å². The van der Waals surface area contributed by atoms with Crippen LogP contribution < -0.4 is 5.32 Å². The van der Waals surface area contributed by atoms with Crippen molar-refractivity contribution in [3.63, 3.8) is 0 Å². The molecule has 0 radical (unpaired) electrons. The van der Waals surface area contributed by atoms with Crippen molar-refractivity contribution >= 4 is 44.8 Å². The molecule has 0 bridgehead atoms. The van der Waals surface area contributed by atoms with Crippen LogP contribution in [0.4, 0.5) is 16.3 Å². The highest BCUT2D eigenvalue weighted by Crippen LogP contribution is 2.34. The van der Waals surface area contributed by atoms with E-state index in [1.54, 1.807) is 28.2 Å². The number of thiophene rings is 1. The lowest BCUT2D eigenvalue weighted by molar-refractivity contribution is 0.0514. The zero-order valence-corrected chi connectivity index (χ0v) is 17.9. The molecule has 0 amide bonds. The summed E-state index contributed by atoms with van der Waals surface area (Å²) in [5.74, 6) is 0.651. The van der Waals surface area contributed by atoms with E-state index in [2.05, 4.69) is 25.9 Å². The zero-order chi connectivity index (χ0) is 21.6. The van der Waals surface area contributed by atoms with E-state index < -0.39 is 11.7 Å². The Bertz CT molecular complexity index is 1410. The first kappa shape index (κ1) is 19.2. The molecule has 0 fully saturated rings. The maximum Gasteiger partial charge on any atom is 0.435 e. The van der Waals surface area contributed by atoms with Crippen molar-refractivity contribution in [1.82, 2.24) is 29.4 Å². The molecule has 9 nitrogen and oxygen atoms in total. The predicted molar refractivity (Wildman–Crippen MR) is 119 cm³/mol. The van der Waals surface area contributed by atoms with Crippen LogP contribution in [0.1, 0.15) is 20.8 Å². The molecule has 31 heavy (non-hydrogen) atoms. The van der Waals surface area contributed by atoms with E-state index in [4.69, 9.17) is 9.72 Å². The van der Waals surface area contributed by atoms with Gasteiger partial charge in [-0.25, -0.2) is 19.3 Å². The molecule has 0 aliphatic carbocycles. The number of hydrogen-bond acceptors (Lipinski definition) is 8. The Hall–Kier alpha value is -3.79. The Morgan fingerprint density at radius 2 is 2.00 bits per heavy atom. The number of hydrogen-bond donors (Lipinski definition) is 1. The molecule has 1 N–H and O–H groups in total. The minimum Gasteiger partial charge on any atom is -0.442 e. The maximum atomic E-state index is 12.2. The SMILES string of the molecule is CC(C)(C)OC(=O)n1cc(Nc2ccc3scc(-c4ccc5ncnn5c4)c3n2)cn1. The molecule has 5 aromatic heterocycles. The van der Waals surface area contributed by atoms with Gasteiger partial charge in [-0.15, -0.1) is 11.3 Å². The van der Waals surface area contributed by atoms with Gasteiger partial charge in [-0.05, 0) is 45.0 Å². The van der Waals surface area contributed by atoms with Crippen molar-refractivity contribution in [2.45, 2.75) is 26.4 Å². The lowest BCUT2D eigenvalue weighted by Crippen LogP contribution is -2.27. The summed E-state index contributed by atoms with van der Waals surface area (Å²) >= 11 is 1.63. The number of ether oxygens (including phenoxy) is 1. The third-order valence-corrected chi connectivity index (χ3v) is 5.37. The van der Waals surface area contributed by atoms with Crippen LogP contribution in [0.3, 0.4) is 0 Å². The molecule has 0 aliphatic heterocycles. The van der Waals surface area contributed by atoms with Gasteiger partial charge in [0, 0.05) is 22.7 Å². The molecular formula is C21H19N7O2S. The molecule has 5 aromatic rings. The van der Waals surface area contributed by atoms with Crippen LogP contribution in [-0.2, 0) is 4.74 Å². The summed E-state index contributed by atoms with van der Waals surface area (Å²) in [6.07, 6.45) is 6.07. The molecule has 5 rings (SSSR count). The summed E-state index contributed by atoms with van der Waals surface area (Å²) in [4.78, 5) is 21.1. The van der Waals surface area contributed by atoms with E-state index >= 15 is 0 Å². The standard InChI is InChI=1S/C21H19N7O2S/c1-21(2,3)30-20(29)28-10-14(8-23-28)25-17-6-5-16-19(26-17)15(11-31-16)13-4-7-18-22-12-24-27(18)9-13/h4-12H,1-3H3,(H,25,26). The summed E-state index contributed by atoms with van der Waals surface area (Å²) in [5.41, 5.74) is 3.75. The molecule has 0 atom stereocenters. The number of pyridine rings is 2. The van der Waals surface area contributed by atoms with Gasteiger partial charge in [0.1, 0.15) is 17.7 Å². The fourth-order valence-corrected chi connectivity index (χ4v) is 4.01. The second-order valence-corrected chi connectivity index (χ2v) is 8.86. The molecular weight excluding hydrogens is 414 g/mol. The third kappa shape index (κ3) is 3.84. The van der Waals surface area contributed by atoms with E-state index in [0.29, 0.717) is 11.5 Å². The van der Waals surface area contributed by atoms with Crippen molar-refractivity contribution in [1.29, 1.82) is 0 Å². The Labute approximate surface area is 181 Å². The van der Waals surface area contributed by atoms with Gasteiger partial charge in [-0.2, -0.15) is 14.9 Å². The van der Waals surface area contributed by atoms with Crippen molar-refractivity contribution in [3.05, 3.63) is 54.6 Å². The van der Waals surface area contributed by atoms with Crippen LogP contribution in [0.15, 0.2) is 54.6 Å². The molecule has 0 aromatic carbocycles. The molecule has 10 heteroatoms. The highest BCUT2D eigenvalue weighted by Gasteiger charge is 2.18. The van der Waals surface area contributed by atoms with E-state index in [1.807, 2.05) is 51.2 Å². The van der Waals surface area contributed by atoms with Crippen molar-refractivity contribution in [2.75, 3.05) is 5.32 Å². The summed E-state index contributed by atoms with van der Waals surface area (Å²) in [7, 11) is 0. The number of nitrogens with zero attached hydrogens (tertiary/aromatic N) is 6. The molecule has 0 saturated carbocycles. The van der Waals surface area contributed by atoms with E-state index in [9.17, 15) is 4.79 Å². The number of carbonyl (C=O) groups is 1. The number of fused-ring (bicyclic) bond motifs is 2. The molecule has 0 spiro atoms. The van der Waals surface area contributed by atoms with Gasteiger partial charge in [0.25, 0.3) is 0 Å². The highest BCUT2D eigenvalue weighted by atomic mass is 32.1. The quantitative estimate of drug-likeness (QED) is 0.439. The first-order chi connectivity index (χ1) is 14.9. The van der Waals surface area contributed by atoms with Gasteiger partial charge < -0.3 is 10.1 Å². The van der Waals surface area contributed by atoms with Crippen LogP contribution in [0.25, 0.3) is 27.0 Å². The van der Waals surface area contributed by atoms with E-state index in [0.717, 1.165) is 31.7 Å². The van der Waals surface area contributed by atoms with Gasteiger partial charge >= 0.3 is 6.09 Å². The Kier molecular flexibility index (Phi) is 4.44. The van der Waals surface area contributed by atoms with Crippen molar-refractivity contribution < 1.29 is 9.53 Å². The summed E-state index contributed by atoms with van der Waals surface area (Å²) in [6.45, 7) is 5.43. The van der Waals surface area contributed by atoms with E-state index in [-0.39, 0.29) is 0 Å². The summed E-state index contributed by atoms with van der Waals surface area (Å²) in [5, 5.41) is 13.6. The zero-order valence-electron chi connectivity index (χ0n) is 17.1. The first-order valence-corrected chi connectivity index (χ1v) is 10.5. The van der Waals surface area contributed by atoms with Gasteiger partial charge in [-0.3, -0.25) is 0 Å².